The van der Waals surface area contributed by atoms with E-state index in [9.17, 15) is 0 Å². The number of ether oxygens (including phenoxy) is 1. The minimum atomic E-state index is 0.0964. The van der Waals surface area contributed by atoms with Crippen LogP contribution in [0.4, 0.5) is 0 Å². The molecule has 1 aliphatic rings. The van der Waals surface area contributed by atoms with Gasteiger partial charge >= 0.3 is 0 Å². The number of halogens is 1. The van der Waals surface area contributed by atoms with Crippen molar-refractivity contribution < 1.29 is 4.74 Å². The summed E-state index contributed by atoms with van der Waals surface area (Å²) in [5.74, 6) is 0.908. The summed E-state index contributed by atoms with van der Waals surface area (Å²) in [6.45, 7) is 7.23. The fourth-order valence-electron chi connectivity index (χ4n) is 3.02. The summed E-state index contributed by atoms with van der Waals surface area (Å²) in [7, 11) is 0. The highest BCUT2D eigenvalue weighted by Crippen LogP contribution is 2.29. The number of hydrogen-bond donors (Lipinski definition) is 1. The number of fused-ring (bicyclic) bond motifs is 1. The number of nitrogens with zero attached hydrogens (tertiary/aromatic N) is 2. The highest BCUT2D eigenvalue weighted by atomic mass is 35.5. The summed E-state index contributed by atoms with van der Waals surface area (Å²) >= 11 is 6.23. The standard InChI is InChI=1S/C16H20ClN3O/c1-4-11-10(3)18-8-14(11)21-16-15(17)19-12-6-5-9(2)7-13(12)20-16/h5-7,10-11,14,18H,4,8H2,1-3H3. The molecule has 1 aromatic carbocycles. The van der Waals surface area contributed by atoms with Crippen molar-refractivity contribution >= 4 is 22.6 Å². The Bertz CT molecular complexity index is 661. The lowest BCUT2D eigenvalue weighted by Crippen LogP contribution is -2.28. The summed E-state index contributed by atoms with van der Waals surface area (Å²) in [5, 5.41) is 3.77. The molecular formula is C16H20ClN3O. The summed E-state index contributed by atoms with van der Waals surface area (Å²) in [4.78, 5) is 8.93. The molecule has 112 valence electrons. The number of nitrogens with one attached hydrogen (secondary N) is 1. The number of rotatable bonds is 3. The van der Waals surface area contributed by atoms with Crippen LogP contribution >= 0.6 is 11.6 Å². The van der Waals surface area contributed by atoms with Crippen LogP contribution in [0.25, 0.3) is 11.0 Å². The Balaban J connectivity index is 1.91. The summed E-state index contributed by atoms with van der Waals surface area (Å²) < 4.78 is 6.06. The van der Waals surface area contributed by atoms with Crippen LogP contribution in [-0.4, -0.2) is 28.7 Å². The lowest BCUT2D eigenvalue weighted by Gasteiger charge is -2.21. The molecule has 0 radical (unpaired) electrons. The predicted octanol–water partition coefficient (Wildman–Crippen LogP) is 3.36. The van der Waals surface area contributed by atoms with Gasteiger partial charge in [0.05, 0.1) is 11.0 Å². The van der Waals surface area contributed by atoms with E-state index < -0.39 is 0 Å². The molecule has 3 atom stereocenters. The van der Waals surface area contributed by atoms with Crippen molar-refractivity contribution in [3.8, 4) is 5.88 Å². The topological polar surface area (TPSA) is 47.0 Å². The van der Waals surface area contributed by atoms with Gasteiger partial charge in [0.15, 0.2) is 5.15 Å². The Morgan fingerprint density at radius 2 is 2.14 bits per heavy atom. The molecule has 2 aromatic rings. The molecule has 0 spiro atoms. The van der Waals surface area contributed by atoms with Gasteiger partial charge in [0.25, 0.3) is 5.88 Å². The largest absolute Gasteiger partial charge is 0.470 e. The quantitative estimate of drug-likeness (QED) is 0.944. The number of benzene rings is 1. The highest BCUT2D eigenvalue weighted by molar-refractivity contribution is 6.31. The van der Waals surface area contributed by atoms with E-state index in [0.29, 0.717) is 23.0 Å². The van der Waals surface area contributed by atoms with E-state index in [1.807, 2.05) is 25.1 Å². The second kappa shape index (κ2) is 5.78. The number of aromatic nitrogens is 2. The van der Waals surface area contributed by atoms with Gasteiger partial charge in [-0.3, -0.25) is 0 Å². The lowest BCUT2D eigenvalue weighted by molar-refractivity contribution is 0.156. The Morgan fingerprint density at radius 3 is 2.90 bits per heavy atom. The minimum absolute atomic E-state index is 0.0964. The Labute approximate surface area is 129 Å². The SMILES string of the molecule is CCC1C(C)NCC1Oc1nc2cc(C)ccc2nc1Cl. The first kappa shape index (κ1) is 14.5. The Hall–Kier alpha value is -1.39. The van der Waals surface area contributed by atoms with Gasteiger partial charge in [0.2, 0.25) is 0 Å². The molecule has 21 heavy (non-hydrogen) atoms. The highest BCUT2D eigenvalue weighted by Gasteiger charge is 2.34. The van der Waals surface area contributed by atoms with Crippen molar-refractivity contribution in [2.24, 2.45) is 5.92 Å². The summed E-state index contributed by atoms with van der Waals surface area (Å²) in [6.07, 6.45) is 1.16. The van der Waals surface area contributed by atoms with E-state index in [4.69, 9.17) is 16.3 Å². The average Bonchev–Trinajstić information content (AvgIpc) is 2.80. The molecule has 0 bridgehead atoms. The molecule has 3 rings (SSSR count). The molecule has 3 unspecified atom stereocenters. The first-order valence-corrected chi connectivity index (χ1v) is 7.80. The van der Waals surface area contributed by atoms with Crippen molar-refractivity contribution in [3.05, 3.63) is 28.9 Å². The van der Waals surface area contributed by atoms with Gasteiger partial charge in [-0.05, 0) is 38.0 Å². The first-order chi connectivity index (χ1) is 10.1. The molecule has 1 saturated heterocycles. The van der Waals surface area contributed by atoms with Crippen molar-refractivity contribution in [1.29, 1.82) is 0 Å². The monoisotopic (exact) mass is 305 g/mol. The van der Waals surface area contributed by atoms with Crippen LogP contribution in [0, 0.1) is 12.8 Å². The first-order valence-electron chi connectivity index (χ1n) is 7.42. The van der Waals surface area contributed by atoms with Crippen LogP contribution in [0.15, 0.2) is 18.2 Å². The molecule has 1 N–H and O–H groups in total. The molecule has 0 aliphatic carbocycles. The van der Waals surface area contributed by atoms with Crippen molar-refractivity contribution in [3.63, 3.8) is 0 Å². The predicted molar refractivity (Wildman–Crippen MR) is 84.9 cm³/mol. The van der Waals surface area contributed by atoms with E-state index in [0.717, 1.165) is 29.6 Å². The van der Waals surface area contributed by atoms with Crippen molar-refractivity contribution in [2.45, 2.75) is 39.3 Å². The minimum Gasteiger partial charge on any atom is -0.470 e. The normalized spacial score (nSPS) is 25.4. The molecule has 5 heteroatoms. The van der Waals surface area contributed by atoms with E-state index in [2.05, 4.69) is 29.1 Å². The third-order valence-electron chi connectivity index (χ3n) is 4.24. The lowest BCUT2D eigenvalue weighted by atomic mass is 9.97. The fourth-order valence-corrected chi connectivity index (χ4v) is 3.20. The molecule has 0 amide bonds. The Kier molecular flexibility index (Phi) is 4.00. The van der Waals surface area contributed by atoms with E-state index in [1.54, 1.807) is 0 Å². The van der Waals surface area contributed by atoms with Crippen molar-refractivity contribution in [1.82, 2.24) is 15.3 Å². The molecule has 1 fully saturated rings. The fraction of sp³-hybridized carbons (Fsp3) is 0.500. The molecule has 2 heterocycles. The van der Waals surface area contributed by atoms with Crippen LogP contribution in [0.3, 0.4) is 0 Å². The third-order valence-corrected chi connectivity index (χ3v) is 4.49. The maximum absolute atomic E-state index is 6.23. The maximum atomic E-state index is 6.23. The van der Waals surface area contributed by atoms with Crippen LogP contribution in [-0.2, 0) is 0 Å². The van der Waals surface area contributed by atoms with Crippen molar-refractivity contribution in [2.75, 3.05) is 6.54 Å². The zero-order valence-electron chi connectivity index (χ0n) is 12.6. The van der Waals surface area contributed by atoms with Crippen LogP contribution in [0.5, 0.6) is 5.88 Å². The van der Waals surface area contributed by atoms with Gasteiger partial charge in [-0.25, -0.2) is 9.97 Å². The van der Waals surface area contributed by atoms with Gasteiger partial charge in [0, 0.05) is 18.5 Å². The van der Waals surface area contributed by atoms with E-state index in [-0.39, 0.29) is 6.10 Å². The molecule has 1 aliphatic heterocycles. The molecule has 4 nitrogen and oxygen atoms in total. The van der Waals surface area contributed by atoms with Gasteiger partial charge in [-0.1, -0.05) is 24.6 Å². The Morgan fingerprint density at radius 1 is 1.33 bits per heavy atom. The van der Waals surface area contributed by atoms with E-state index in [1.165, 1.54) is 0 Å². The average molecular weight is 306 g/mol. The zero-order chi connectivity index (χ0) is 15.0. The third kappa shape index (κ3) is 2.83. The summed E-state index contributed by atoms with van der Waals surface area (Å²) in [5.41, 5.74) is 2.76. The van der Waals surface area contributed by atoms with Gasteiger partial charge in [0.1, 0.15) is 6.10 Å². The summed E-state index contributed by atoms with van der Waals surface area (Å²) in [6, 6.07) is 6.39. The second-order valence-electron chi connectivity index (χ2n) is 5.74. The van der Waals surface area contributed by atoms with Gasteiger partial charge < -0.3 is 10.1 Å². The van der Waals surface area contributed by atoms with Crippen LogP contribution in [0.1, 0.15) is 25.8 Å². The smallest absolute Gasteiger partial charge is 0.253 e. The molecule has 1 aromatic heterocycles. The molecular weight excluding hydrogens is 286 g/mol. The number of hydrogen-bond acceptors (Lipinski definition) is 4. The number of aryl methyl sites for hydroxylation is 1. The van der Waals surface area contributed by atoms with Crippen LogP contribution in [0.2, 0.25) is 5.15 Å². The maximum Gasteiger partial charge on any atom is 0.253 e. The van der Waals surface area contributed by atoms with E-state index >= 15 is 0 Å². The zero-order valence-corrected chi connectivity index (χ0v) is 13.3. The van der Waals surface area contributed by atoms with Crippen LogP contribution < -0.4 is 10.1 Å². The van der Waals surface area contributed by atoms with Gasteiger partial charge in [-0.2, -0.15) is 0 Å². The van der Waals surface area contributed by atoms with Gasteiger partial charge in [-0.15, -0.1) is 0 Å². The molecule has 0 saturated carbocycles. The second-order valence-corrected chi connectivity index (χ2v) is 6.10.